The number of halogens is 5. The SMILES string of the molecule is CC1(CNC(=O)C[C@@H]2CCc3cc(C(O)(CF)C(F)(F)F)ccc3N2S(=O)(=O)c2ccc(F)cc2)NC(=O)NC1=O. The molecule has 0 saturated carbocycles. The first kappa shape index (κ1) is 30.2. The number of urea groups is 1. The quantitative estimate of drug-likeness (QED) is 0.269. The van der Waals surface area contributed by atoms with Crippen molar-refractivity contribution >= 4 is 33.6 Å². The lowest BCUT2D eigenvalue weighted by Crippen LogP contribution is -2.53. The Balaban J connectivity index is 1.69. The maximum atomic E-state index is 13.7. The van der Waals surface area contributed by atoms with Crippen molar-refractivity contribution in [2.24, 2.45) is 0 Å². The van der Waals surface area contributed by atoms with Crippen LogP contribution in [0.3, 0.4) is 0 Å². The number of benzene rings is 2. The lowest BCUT2D eigenvalue weighted by molar-refractivity contribution is -0.271. The van der Waals surface area contributed by atoms with Gasteiger partial charge in [0.05, 0.1) is 16.6 Å². The standard InChI is InChI=1S/C25H25F5N4O6S/c1-23(21(36)32-22(37)33-23)13-31-20(35)11-17-6-2-14-10-15(24(38,12-26)25(28,29)30)3-9-19(14)34(17)41(39,40)18-7-4-16(27)5-8-18/h3-5,7-10,17,38H,2,6,11-13H2,1H3,(H,31,35)(H2,32,33,36,37)/t17-,23?,24?/m0/s1. The third kappa shape index (κ3) is 5.57. The number of amides is 4. The van der Waals surface area contributed by atoms with Crippen molar-refractivity contribution in [3.63, 3.8) is 0 Å². The second kappa shape index (κ2) is 10.6. The summed E-state index contributed by atoms with van der Waals surface area (Å²) in [6.07, 6.45) is -5.92. The number of aryl methyl sites for hydroxylation is 1. The largest absolute Gasteiger partial charge is 0.424 e. The number of alkyl halides is 4. The van der Waals surface area contributed by atoms with Crippen LogP contribution in [0.15, 0.2) is 47.4 Å². The molecule has 0 aromatic heterocycles. The Kier molecular flexibility index (Phi) is 7.77. The summed E-state index contributed by atoms with van der Waals surface area (Å²) in [6, 6.07) is 4.54. The van der Waals surface area contributed by atoms with Crippen LogP contribution in [0, 0.1) is 5.82 Å². The number of nitrogens with one attached hydrogen (secondary N) is 3. The van der Waals surface area contributed by atoms with Gasteiger partial charge in [-0.05, 0) is 61.2 Å². The lowest BCUT2D eigenvalue weighted by atomic mass is 9.88. The second-order valence-electron chi connectivity index (χ2n) is 10.0. The van der Waals surface area contributed by atoms with Crippen molar-refractivity contribution in [1.29, 1.82) is 0 Å². The Labute approximate surface area is 230 Å². The molecule has 0 aliphatic carbocycles. The molecule has 3 atom stereocenters. The molecule has 2 aromatic rings. The van der Waals surface area contributed by atoms with E-state index in [1.54, 1.807) is 0 Å². The topological polar surface area (TPSA) is 145 Å². The summed E-state index contributed by atoms with van der Waals surface area (Å²) in [5.74, 6) is -2.11. The van der Waals surface area contributed by atoms with Crippen LogP contribution >= 0.6 is 0 Å². The third-order valence-electron chi connectivity index (χ3n) is 7.08. The molecule has 1 fully saturated rings. The highest BCUT2D eigenvalue weighted by Gasteiger charge is 2.55. The molecule has 2 aliphatic rings. The number of sulfonamides is 1. The highest BCUT2D eigenvalue weighted by Crippen LogP contribution is 2.43. The van der Waals surface area contributed by atoms with E-state index < -0.39 is 75.7 Å². The lowest BCUT2D eigenvalue weighted by Gasteiger charge is -2.38. The summed E-state index contributed by atoms with van der Waals surface area (Å²) in [5, 5.41) is 16.9. The van der Waals surface area contributed by atoms with Crippen LogP contribution in [0.25, 0.3) is 0 Å². The molecule has 4 rings (SSSR count). The van der Waals surface area contributed by atoms with Crippen molar-refractivity contribution in [1.82, 2.24) is 16.0 Å². The molecule has 2 heterocycles. The molecule has 10 nitrogen and oxygen atoms in total. The number of imide groups is 1. The van der Waals surface area contributed by atoms with Gasteiger partial charge in [0.25, 0.3) is 15.9 Å². The molecule has 1 saturated heterocycles. The summed E-state index contributed by atoms with van der Waals surface area (Å²) < 4.78 is 95.7. The van der Waals surface area contributed by atoms with E-state index in [9.17, 15) is 49.9 Å². The Morgan fingerprint density at radius 1 is 1.17 bits per heavy atom. The Morgan fingerprint density at radius 2 is 1.83 bits per heavy atom. The summed E-state index contributed by atoms with van der Waals surface area (Å²) in [4.78, 5) is 36.0. The van der Waals surface area contributed by atoms with Crippen LogP contribution in [0.2, 0.25) is 0 Å². The fourth-order valence-electron chi connectivity index (χ4n) is 4.71. The van der Waals surface area contributed by atoms with Gasteiger partial charge < -0.3 is 15.7 Å². The average Bonchev–Trinajstić information content (AvgIpc) is 3.16. The number of hydrogen-bond donors (Lipinski definition) is 4. The first-order valence-corrected chi connectivity index (χ1v) is 13.6. The Morgan fingerprint density at radius 3 is 2.39 bits per heavy atom. The number of nitrogens with zero attached hydrogens (tertiary/aromatic N) is 1. The normalized spacial score (nSPS) is 22.4. The Bertz CT molecular complexity index is 1490. The maximum absolute atomic E-state index is 13.7. The van der Waals surface area contributed by atoms with Crippen LogP contribution in [0.4, 0.5) is 32.4 Å². The van der Waals surface area contributed by atoms with E-state index >= 15 is 0 Å². The monoisotopic (exact) mass is 604 g/mol. The van der Waals surface area contributed by atoms with Gasteiger partial charge in [-0.3, -0.25) is 19.2 Å². The molecule has 2 unspecified atom stereocenters. The minimum atomic E-state index is -5.36. The molecule has 0 spiro atoms. The molecule has 222 valence electrons. The van der Waals surface area contributed by atoms with Crippen molar-refractivity contribution < 1.29 is 49.9 Å². The maximum Gasteiger partial charge on any atom is 0.424 e. The first-order chi connectivity index (χ1) is 19.0. The van der Waals surface area contributed by atoms with E-state index in [1.165, 1.54) is 6.92 Å². The molecule has 2 aromatic carbocycles. The molecule has 0 radical (unpaired) electrons. The number of carbonyl (C=O) groups excluding carboxylic acids is 3. The van der Waals surface area contributed by atoms with Crippen molar-refractivity contribution in [3.05, 3.63) is 59.4 Å². The van der Waals surface area contributed by atoms with Gasteiger partial charge in [0.15, 0.2) is 0 Å². The fourth-order valence-corrected chi connectivity index (χ4v) is 6.42. The highest BCUT2D eigenvalue weighted by atomic mass is 32.2. The third-order valence-corrected chi connectivity index (χ3v) is 8.96. The molecule has 41 heavy (non-hydrogen) atoms. The second-order valence-corrected chi connectivity index (χ2v) is 11.8. The molecule has 0 bridgehead atoms. The highest BCUT2D eigenvalue weighted by molar-refractivity contribution is 7.92. The van der Waals surface area contributed by atoms with Gasteiger partial charge in [-0.15, -0.1) is 0 Å². The van der Waals surface area contributed by atoms with E-state index in [2.05, 4.69) is 10.6 Å². The number of rotatable bonds is 8. The minimum absolute atomic E-state index is 0.0348. The fraction of sp³-hybridized carbons (Fsp3) is 0.400. The summed E-state index contributed by atoms with van der Waals surface area (Å²) in [6.45, 7) is -1.13. The summed E-state index contributed by atoms with van der Waals surface area (Å²) >= 11 is 0. The molecule has 4 N–H and O–H groups in total. The molecule has 16 heteroatoms. The van der Waals surface area contributed by atoms with Crippen LogP contribution in [0.1, 0.15) is 30.9 Å². The van der Waals surface area contributed by atoms with Gasteiger partial charge in [-0.25, -0.2) is 22.0 Å². The zero-order chi connectivity index (χ0) is 30.4. The van der Waals surface area contributed by atoms with Crippen LogP contribution in [-0.4, -0.2) is 62.3 Å². The van der Waals surface area contributed by atoms with Crippen molar-refractivity contribution in [3.8, 4) is 0 Å². The number of carbonyl (C=O) groups is 3. The van der Waals surface area contributed by atoms with Gasteiger partial charge in [-0.2, -0.15) is 13.2 Å². The molecular weight excluding hydrogens is 579 g/mol. The van der Waals surface area contributed by atoms with Crippen molar-refractivity contribution in [2.45, 2.75) is 54.4 Å². The van der Waals surface area contributed by atoms with E-state index in [4.69, 9.17) is 0 Å². The number of fused-ring (bicyclic) bond motifs is 1. The van der Waals surface area contributed by atoms with E-state index in [1.807, 2.05) is 5.32 Å². The number of anilines is 1. The molecule has 4 amide bonds. The minimum Gasteiger partial charge on any atom is -0.374 e. The zero-order valence-corrected chi connectivity index (χ0v) is 22.2. The van der Waals surface area contributed by atoms with Gasteiger partial charge in [0, 0.05) is 13.0 Å². The number of aliphatic hydroxyl groups is 1. The van der Waals surface area contributed by atoms with Gasteiger partial charge >= 0.3 is 12.2 Å². The van der Waals surface area contributed by atoms with Gasteiger partial charge in [-0.1, -0.05) is 12.1 Å². The van der Waals surface area contributed by atoms with E-state index in [-0.39, 0.29) is 35.5 Å². The van der Waals surface area contributed by atoms with E-state index in [0.29, 0.717) is 0 Å². The van der Waals surface area contributed by atoms with Crippen LogP contribution in [0.5, 0.6) is 0 Å². The molecular formula is C25H25F5N4O6S. The average molecular weight is 605 g/mol. The Hall–Kier alpha value is -3.79. The zero-order valence-electron chi connectivity index (χ0n) is 21.4. The van der Waals surface area contributed by atoms with Crippen molar-refractivity contribution in [2.75, 3.05) is 17.5 Å². The summed E-state index contributed by atoms with van der Waals surface area (Å²) in [7, 11) is -4.52. The van der Waals surface area contributed by atoms with Gasteiger partial charge in [0.1, 0.15) is 18.0 Å². The predicted molar refractivity (Wildman–Crippen MR) is 133 cm³/mol. The molecule has 2 aliphatic heterocycles. The van der Waals surface area contributed by atoms with Crippen LogP contribution < -0.4 is 20.3 Å². The smallest absolute Gasteiger partial charge is 0.374 e. The van der Waals surface area contributed by atoms with E-state index in [0.717, 1.165) is 46.8 Å². The summed E-state index contributed by atoms with van der Waals surface area (Å²) in [5.41, 5.74) is -6.17. The number of hydrogen-bond acceptors (Lipinski definition) is 6. The first-order valence-electron chi connectivity index (χ1n) is 12.2. The predicted octanol–water partition coefficient (Wildman–Crippen LogP) is 2.16. The van der Waals surface area contributed by atoms with Crippen LogP contribution in [-0.2, 0) is 31.6 Å². The van der Waals surface area contributed by atoms with Gasteiger partial charge in [0.2, 0.25) is 11.5 Å².